The minimum atomic E-state index is 0.504. The molecule has 0 bridgehead atoms. The molecule has 0 N–H and O–H groups in total. The van der Waals surface area contributed by atoms with Crippen molar-refractivity contribution in [3.8, 4) is 11.3 Å². The summed E-state index contributed by atoms with van der Waals surface area (Å²) >= 11 is 0. The molecule has 1 atom stereocenters. The summed E-state index contributed by atoms with van der Waals surface area (Å²) in [5.41, 5.74) is 4.01. The van der Waals surface area contributed by atoms with E-state index >= 15 is 0 Å². The van der Waals surface area contributed by atoms with Crippen molar-refractivity contribution in [3.63, 3.8) is 0 Å². The van der Waals surface area contributed by atoms with Crippen LogP contribution in [-0.4, -0.2) is 52.4 Å². The van der Waals surface area contributed by atoms with E-state index in [-0.39, 0.29) is 0 Å². The number of hydrogen-bond acceptors (Lipinski definition) is 6. The van der Waals surface area contributed by atoms with Crippen LogP contribution in [0, 0.1) is 20.8 Å². The van der Waals surface area contributed by atoms with E-state index in [1.807, 2.05) is 20.8 Å². The topological polar surface area (TPSA) is 64.3 Å². The fourth-order valence-corrected chi connectivity index (χ4v) is 4.59. The lowest BCUT2D eigenvalue weighted by Gasteiger charge is -2.37. The molecule has 0 saturated carbocycles. The molecule has 6 heteroatoms. The first kappa shape index (κ1) is 18.6. The first-order valence-electron chi connectivity index (χ1n) is 10.2. The van der Waals surface area contributed by atoms with Gasteiger partial charge in [-0.15, -0.1) is 0 Å². The van der Waals surface area contributed by atoms with E-state index in [0.717, 1.165) is 67.7 Å². The fourth-order valence-electron chi connectivity index (χ4n) is 4.59. The maximum absolute atomic E-state index is 5.63. The van der Waals surface area contributed by atoms with Gasteiger partial charge in [0.2, 0.25) is 0 Å². The molecule has 0 radical (unpaired) electrons. The van der Waals surface area contributed by atoms with Crippen LogP contribution in [0.15, 0.2) is 10.6 Å². The molecule has 0 aromatic carbocycles. The summed E-state index contributed by atoms with van der Waals surface area (Å²) in [4.78, 5) is 12.1. The Morgan fingerprint density at radius 3 is 2.56 bits per heavy atom. The summed E-state index contributed by atoms with van der Waals surface area (Å²) in [5, 5.41) is 4.08. The first-order valence-corrected chi connectivity index (χ1v) is 10.2. The molecule has 0 spiro atoms. The van der Waals surface area contributed by atoms with E-state index in [0.29, 0.717) is 12.0 Å². The van der Waals surface area contributed by atoms with Crippen molar-refractivity contribution in [3.05, 3.63) is 29.0 Å². The molecule has 0 unspecified atom stereocenters. The van der Waals surface area contributed by atoms with Gasteiger partial charge in [0.1, 0.15) is 11.6 Å². The quantitative estimate of drug-likeness (QED) is 0.819. The average Bonchev–Trinajstić information content (AvgIpc) is 2.87. The van der Waals surface area contributed by atoms with Gasteiger partial charge in [0.25, 0.3) is 0 Å². The van der Waals surface area contributed by atoms with Gasteiger partial charge < -0.3 is 14.2 Å². The molecule has 0 aliphatic carbocycles. The summed E-state index contributed by atoms with van der Waals surface area (Å²) < 4.78 is 11.0. The number of piperidine rings is 1. The number of rotatable bonds is 3. The lowest BCUT2D eigenvalue weighted by Crippen LogP contribution is -2.41. The zero-order valence-corrected chi connectivity index (χ0v) is 16.7. The number of ether oxygens (including phenoxy) is 1. The Labute approximate surface area is 161 Å². The summed E-state index contributed by atoms with van der Waals surface area (Å²) in [6.45, 7) is 10.0. The second kappa shape index (κ2) is 8.07. The lowest BCUT2D eigenvalue weighted by molar-refractivity contribution is 0.115. The van der Waals surface area contributed by atoms with Crippen molar-refractivity contribution in [2.24, 2.45) is 0 Å². The maximum atomic E-state index is 5.63. The standard InChI is InChI=1S/C21H30N4O2/c1-14-21(15(2)27-24-14)20-13-19(22-16(3)23-20)17-6-9-25(10-7-17)18-5-4-11-26-12-8-18/h13,17-18H,4-12H2,1-3H3/t18-/m0/s1. The highest BCUT2D eigenvalue weighted by Crippen LogP contribution is 2.32. The second-order valence-electron chi connectivity index (χ2n) is 7.93. The predicted octanol–water partition coefficient (Wildman–Crippen LogP) is 3.81. The van der Waals surface area contributed by atoms with Crippen LogP contribution in [0.5, 0.6) is 0 Å². The van der Waals surface area contributed by atoms with Crippen LogP contribution >= 0.6 is 0 Å². The van der Waals surface area contributed by atoms with Gasteiger partial charge in [0, 0.05) is 30.9 Å². The minimum Gasteiger partial charge on any atom is -0.381 e. The van der Waals surface area contributed by atoms with E-state index in [4.69, 9.17) is 14.2 Å². The van der Waals surface area contributed by atoms with Gasteiger partial charge in [0.15, 0.2) is 0 Å². The normalized spacial score (nSPS) is 22.7. The van der Waals surface area contributed by atoms with Crippen molar-refractivity contribution >= 4 is 0 Å². The number of hydrogen-bond donors (Lipinski definition) is 0. The molecule has 2 aromatic rings. The Kier molecular flexibility index (Phi) is 5.55. The highest BCUT2D eigenvalue weighted by atomic mass is 16.5. The van der Waals surface area contributed by atoms with E-state index in [9.17, 15) is 0 Å². The third-order valence-electron chi connectivity index (χ3n) is 6.03. The third kappa shape index (κ3) is 4.06. The zero-order valence-electron chi connectivity index (χ0n) is 16.7. The van der Waals surface area contributed by atoms with Gasteiger partial charge in [0.05, 0.1) is 17.0 Å². The molecule has 2 saturated heterocycles. The lowest BCUT2D eigenvalue weighted by atomic mass is 9.90. The van der Waals surface area contributed by atoms with Gasteiger partial charge in [-0.2, -0.15) is 0 Å². The molecule has 146 valence electrons. The first-order chi connectivity index (χ1) is 13.1. The monoisotopic (exact) mass is 370 g/mol. The molecule has 4 rings (SSSR count). The van der Waals surface area contributed by atoms with E-state index < -0.39 is 0 Å². The van der Waals surface area contributed by atoms with Gasteiger partial charge >= 0.3 is 0 Å². The molecular formula is C21H30N4O2. The van der Waals surface area contributed by atoms with Crippen LogP contribution in [-0.2, 0) is 4.74 Å². The van der Waals surface area contributed by atoms with Gasteiger partial charge in [-0.05, 0) is 72.0 Å². The Hall–Kier alpha value is -1.79. The van der Waals surface area contributed by atoms with Gasteiger partial charge in [-0.3, -0.25) is 0 Å². The molecule has 2 aliphatic rings. The summed E-state index contributed by atoms with van der Waals surface area (Å²) in [6, 6.07) is 2.85. The van der Waals surface area contributed by atoms with E-state index in [1.165, 1.54) is 25.0 Å². The van der Waals surface area contributed by atoms with Crippen LogP contribution in [0.25, 0.3) is 11.3 Å². The average molecular weight is 370 g/mol. The van der Waals surface area contributed by atoms with Crippen LogP contribution in [0.1, 0.15) is 61.0 Å². The van der Waals surface area contributed by atoms with E-state index in [1.54, 1.807) is 0 Å². The summed E-state index contributed by atoms with van der Waals surface area (Å²) in [6.07, 6.45) is 5.96. The SMILES string of the molecule is Cc1nc(-c2c(C)noc2C)cc(C2CCN([C@H]3CCCOCC3)CC2)n1. The van der Waals surface area contributed by atoms with Crippen LogP contribution in [0.3, 0.4) is 0 Å². The van der Waals surface area contributed by atoms with Crippen LogP contribution < -0.4 is 0 Å². The summed E-state index contributed by atoms with van der Waals surface area (Å²) in [5.74, 6) is 2.15. The Morgan fingerprint density at radius 2 is 1.81 bits per heavy atom. The van der Waals surface area contributed by atoms with Gasteiger partial charge in [-0.1, -0.05) is 5.16 Å². The second-order valence-corrected chi connectivity index (χ2v) is 7.93. The molecule has 2 fully saturated rings. The molecule has 4 heterocycles. The maximum Gasteiger partial charge on any atom is 0.143 e. The molecule has 2 aromatic heterocycles. The van der Waals surface area contributed by atoms with Crippen LogP contribution in [0.4, 0.5) is 0 Å². The highest BCUT2D eigenvalue weighted by Gasteiger charge is 2.28. The molecule has 27 heavy (non-hydrogen) atoms. The molecule has 6 nitrogen and oxygen atoms in total. The smallest absolute Gasteiger partial charge is 0.143 e. The molecule has 0 amide bonds. The Morgan fingerprint density at radius 1 is 1.00 bits per heavy atom. The van der Waals surface area contributed by atoms with Gasteiger partial charge in [-0.25, -0.2) is 9.97 Å². The van der Waals surface area contributed by atoms with E-state index in [2.05, 4.69) is 21.1 Å². The minimum absolute atomic E-state index is 0.504. The highest BCUT2D eigenvalue weighted by molar-refractivity contribution is 5.64. The molecule has 2 aliphatic heterocycles. The third-order valence-corrected chi connectivity index (χ3v) is 6.03. The number of likely N-dealkylation sites (tertiary alicyclic amines) is 1. The van der Waals surface area contributed by atoms with Crippen molar-refractivity contribution in [2.75, 3.05) is 26.3 Å². The predicted molar refractivity (Wildman–Crippen MR) is 104 cm³/mol. The van der Waals surface area contributed by atoms with Crippen molar-refractivity contribution < 1.29 is 9.26 Å². The fraction of sp³-hybridized carbons (Fsp3) is 0.667. The molecular weight excluding hydrogens is 340 g/mol. The Balaban J connectivity index is 1.48. The Bertz CT molecular complexity index is 753. The van der Waals surface area contributed by atoms with Crippen LogP contribution in [0.2, 0.25) is 0 Å². The summed E-state index contributed by atoms with van der Waals surface area (Å²) in [7, 11) is 0. The number of aromatic nitrogens is 3. The van der Waals surface area contributed by atoms with Crippen molar-refractivity contribution in [1.29, 1.82) is 0 Å². The largest absolute Gasteiger partial charge is 0.381 e. The number of aryl methyl sites for hydroxylation is 3. The van der Waals surface area contributed by atoms with Crippen molar-refractivity contribution in [1.82, 2.24) is 20.0 Å². The number of nitrogens with zero attached hydrogens (tertiary/aromatic N) is 4. The van der Waals surface area contributed by atoms with Crippen molar-refractivity contribution in [2.45, 2.75) is 64.8 Å². The zero-order chi connectivity index (χ0) is 18.8.